The Labute approximate surface area is 315 Å². The summed E-state index contributed by atoms with van der Waals surface area (Å²) in [6.07, 6.45) is -0.363. The number of carbonyl (C=O) groups is 1. The van der Waals surface area contributed by atoms with Crippen LogP contribution >= 0.6 is 0 Å². The number of ether oxygens (including phenoxy) is 11. The van der Waals surface area contributed by atoms with Crippen LogP contribution in [0.15, 0.2) is 48.5 Å². The van der Waals surface area contributed by atoms with Crippen LogP contribution in [0.25, 0.3) is 11.1 Å². The Morgan fingerprint density at radius 1 is 0.509 bits per heavy atom. The number of amides is 1. The van der Waals surface area contributed by atoms with Crippen LogP contribution in [0, 0.1) is 0 Å². The normalized spacial score (nSPS) is 12.3. The van der Waals surface area contributed by atoms with Gasteiger partial charge in [-0.2, -0.15) is 0 Å². The fourth-order valence-corrected chi connectivity index (χ4v) is 5.25. The van der Waals surface area contributed by atoms with Gasteiger partial charge in [-0.3, -0.25) is 0 Å². The standard InChI is InChI=1S/C39H62N2O12/c1-40-11-13-43-15-17-45-19-21-47-23-25-49-27-29-51-31-32-52-30-28-50-26-24-48-22-20-46-18-16-44-14-12-41(2)39(42)53-33-38-36-9-5-3-7-34(36)35-8-4-6-10-37(35)38/h3-10,38,40H,11-33H2,1-2H3. The maximum atomic E-state index is 12.6. The second-order valence-corrected chi connectivity index (χ2v) is 12.0. The molecule has 0 heterocycles. The highest BCUT2D eigenvalue weighted by Gasteiger charge is 2.29. The zero-order chi connectivity index (χ0) is 37.4. The van der Waals surface area contributed by atoms with Crippen LogP contribution in [0.4, 0.5) is 4.79 Å². The highest BCUT2D eigenvalue weighted by molar-refractivity contribution is 5.79. The van der Waals surface area contributed by atoms with E-state index in [1.165, 1.54) is 27.2 Å². The van der Waals surface area contributed by atoms with E-state index < -0.39 is 0 Å². The molecule has 0 aromatic heterocycles. The van der Waals surface area contributed by atoms with Crippen LogP contribution in [0.5, 0.6) is 0 Å². The fraction of sp³-hybridized carbons (Fsp3) is 0.667. The molecular weight excluding hydrogens is 688 g/mol. The van der Waals surface area contributed by atoms with E-state index in [-0.39, 0.29) is 12.0 Å². The average molecular weight is 751 g/mol. The minimum Gasteiger partial charge on any atom is -0.448 e. The molecule has 1 amide bonds. The number of carbonyl (C=O) groups excluding carboxylic acids is 1. The molecule has 2 aromatic carbocycles. The molecule has 1 N–H and O–H groups in total. The molecule has 2 aromatic rings. The number of fused-ring (bicyclic) bond motifs is 3. The summed E-state index contributed by atoms with van der Waals surface area (Å²) in [5.41, 5.74) is 4.80. The Morgan fingerprint density at radius 2 is 0.830 bits per heavy atom. The first-order valence-corrected chi connectivity index (χ1v) is 18.7. The zero-order valence-corrected chi connectivity index (χ0v) is 31.8. The third-order valence-corrected chi connectivity index (χ3v) is 8.06. The van der Waals surface area contributed by atoms with Crippen molar-refractivity contribution in [1.29, 1.82) is 0 Å². The largest absolute Gasteiger partial charge is 0.448 e. The van der Waals surface area contributed by atoms with Crippen molar-refractivity contribution in [3.05, 3.63) is 59.7 Å². The zero-order valence-electron chi connectivity index (χ0n) is 31.8. The minimum atomic E-state index is -0.363. The third kappa shape index (κ3) is 20.0. The summed E-state index contributed by atoms with van der Waals surface area (Å²) < 4.78 is 60.6. The number of hydrogen-bond acceptors (Lipinski definition) is 13. The molecule has 0 fully saturated rings. The molecule has 0 spiro atoms. The van der Waals surface area contributed by atoms with Gasteiger partial charge in [0.15, 0.2) is 0 Å². The first-order chi connectivity index (χ1) is 26.2. The van der Waals surface area contributed by atoms with E-state index in [0.29, 0.717) is 145 Å². The Kier molecular flexibility index (Phi) is 25.8. The molecule has 0 aliphatic heterocycles. The van der Waals surface area contributed by atoms with Crippen molar-refractivity contribution in [2.24, 2.45) is 0 Å². The van der Waals surface area contributed by atoms with Crippen LogP contribution < -0.4 is 5.32 Å². The summed E-state index contributed by atoms with van der Waals surface area (Å²) in [5, 5.41) is 3.02. The summed E-state index contributed by atoms with van der Waals surface area (Å²) in [5.74, 6) is 0.0397. The van der Waals surface area contributed by atoms with Crippen molar-refractivity contribution in [2.45, 2.75) is 5.92 Å². The van der Waals surface area contributed by atoms with E-state index in [4.69, 9.17) is 52.1 Å². The molecule has 14 heteroatoms. The van der Waals surface area contributed by atoms with Gasteiger partial charge in [0.2, 0.25) is 0 Å². The summed E-state index contributed by atoms with van der Waals surface area (Å²) in [7, 11) is 3.61. The first kappa shape index (κ1) is 44.7. The minimum absolute atomic E-state index is 0.0397. The van der Waals surface area contributed by atoms with Gasteiger partial charge in [-0.05, 0) is 29.3 Å². The van der Waals surface area contributed by atoms with Gasteiger partial charge in [-0.1, -0.05) is 48.5 Å². The average Bonchev–Trinajstić information content (AvgIpc) is 3.50. The van der Waals surface area contributed by atoms with Gasteiger partial charge in [0.05, 0.1) is 132 Å². The first-order valence-electron chi connectivity index (χ1n) is 18.7. The van der Waals surface area contributed by atoms with Crippen molar-refractivity contribution in [1.82, 2.24) is 10.2 Å². The number of nitrogens with zero attached hydrogens (tertiary/aromatic N) is 1. The van der Waals surface area contributed by atoms with Crippen LogP contribution in [0.2, 0.25) is 0 Å². The maximum absolute atomic E-state index is 12.6. The summed E-state index contributed by atoms with van der Waals surface area (Å²) >= 11 is 0. The lowest BCUT2D eigenvalue weighted by molar-refractivity contribution is -0.0265. The number of likely N-dealkylation sites (N-methyl/N-ethyl adjacent to an activating group) is 2. The van der Waals surface area contributed by atoms with E-state index in [1.807, 2.05) is 31.3 Å². The van der Waals surface area contributed by atoms with E-state index in [2.05, 4.69) is 29.6 Å². The van der Waals surface area contributed by atoms with Gasteiger partial charge in [0, 0.05) is 26.1 Å². The molecule has 300 valence electrons. The molecule has 3 rings (SSSR count). The Morgan fingerprint density at radius 3 is 1.19 bits per heavy atom. The van der Waals surface area contributed by atoms with Crippen molar-refractivity contribution in [3.8, 4) is 11.1 Å². The lowest BCUT2D eigenvalue weighted by Gasteiger charge is -2.19. The van der Waals surface area contributed by atoms with Crippen LogP contribution in [0.1, 0.15) is 17.0 Å². The number of benzene rings is 2. The van der Waals surface area contributed by atoms with Crippen molar-refractivity contribution < 1.29 is 56.9 Å². The van der Waals surface area contributed by atoms with Crippen LogP contribution in [-0.4, -0.2) is 177 Å². The molecule has 0 bridgehead atoms. The number of nitrogens with one attached hydrogen (secondary N) is 1. The van der Waals surface area contributed by atoms with Crippen molar-refractivity contribution in [3.63, 3.8) is 0 Å². The third-order valence-electron chi connectivity index (χ3n) is 8.06. The van der Waals surface area contributed by atoms with Gasteiger partial charge >= 0.3 is 6.09 Å². The van der Waals surface area contributed by atoms with E-state index in [9.17, 15) is 4.79 Å². The van der Waals surface area contributed by atoms with Crippen molar-refractivity contribution in [2.75, 3.05) is 166 Å². The summed E-state index contributed by atoms with van der Waals surface area (Å²) in [4.78, 5) is 14.1. The second-order valence-electron chi connectivity index (χ2n) is 12.0. The molecule has 0 radical (unpaired) electrons. The lowest BCUT2D eigenvalue weighted by atomic mass is 9.98. The molecule has 1 aliphatic carbocycles. The van der Waals surface area contributed by atoms with Gasteiger partial charge in [-0.25, -0.2) is 4.79 Å². The molecule has 1 aliphatic rings. The number of hydrogen-bond donors (Lipinski definition) is 1. The Balaban J connectivity index is 0.980. The quantitative estimate of drug-likeness (QED) is 0.104. The SMILES string of the molecule is CNCCOCCOCCOCCOCCOCCOCCOCCOCCOCCOCCN(C)C(=O)OCC1c2ccccc2-c2ccccc21. The molecular formula is C39H62N2O12. The molecule has 0 unspecified atom stereocenters. The Hall–Kier alpha value is -2.73. The second kappa shape index (κ2) is 30.6. The smallest absolute Gasteiger partial charge is 0.409 e. The molecule has 14 nitrogen and oxygen atoms in total. The molecule has 0 atom stereocenters. The Bertz CT molecular complexity index is 1150. The maximum Gasteiger partial charge on any atom is 0.409 e. The lowest BCUT2D eigenvalue weighted by Crippen LogP contribution is -2.32. The number of rotatable bonds is 35. The summed E-state index contributed by atoms with van der Waals surface area (Å²) in [6, 6.07) is 16.6. The molecule has 53 heavy (non-hydrogen) atoms. The van der Waals surface area contributed by atoms with Crippen LogP contribution in [-0.2, 0) is 52.1 Å². The fourth-order valence-electron chi connectivity index (χ4n) is 5.25. The van der Waals surface area contributed by atoms with Gasteiger partial charge in [0.25, 0.3) is 0 Å². The predicted molar refractivity (Wildman–Crippen MR) is 200 cm³/mol. The molecule has 0 saturated carbocycles. The predicted octanol–water partition coefficient (Wildman–Crippen LogP) is 3.25. The highest BCUT2D eigenvalue weighted by atomic mass is 16.6. The van der Waals surface area contributed by atoms with Crippen LogP contribution in [0.3, 0.4) is 0 Å². The van der Waals surface area contributed by atoms with Crippen molar-refractivity contribution >= 4 is 6.09 Å². The summed E-state index contributed by atoms with van der Waals surface area (Å²) in [6.45, 7) is 11.7. The monoisotopic (exact) mass is 750 g/mol. The van der Waals surface area contributed by atoms with Gasteiger partial charge in [-0.15, -0.1) is 0 Å². The van der Waals surface area contributed by atoms with Gasteiger partial charge in [0.1, 0.15) is 6.61 Å². The van der Waals surface area contributed by atoms with E-state index in [1.54, 1.807) is 7.05 Å². The van der Waals surface area contributed by atoms with E-state index in [0.717, 1.165) is 6.54 Å². The van der Waals surface area contributed by atoms with E-state index >= 15 is 0 Å². The topological polar surface area (TPSA) is 134 Å². The van der Waals surface area contributed by atoms with Gasteiger partial charge < -0.3 is 62.3 Å². The highest BCUT2D eigenvalue weighted by Crippen LogP contribution is 2.44. The molecule has 0 saturated heterocycles.